The van der Waals surface area contributed by atoms with Crippen LogP contribution in [0.3, 0.4) is 0 Å². The number of benzene rings is 3. The summed E-state index contributed by atoms with van der Waals surface area (Å²) >= 11 is 0. The molecule has 0 bridgehead atoms. The van der Waals surface area contributed by atoms with Gasteiger partial charge in [-0.25, -0.2) is 4.39 Å². The number of piperidine rings is 1. The third-order valence-corrected chi connectivity index (χ3v) is 6.06. The molecule has 3 aromatic rings. The van der Waals surface area contributed by atoms with E-state index in [9.17, 15) is 9.18 Å². The van der Waals surface area contributed by atoms with Crippen molar-refractivity contribution in [1.29, 1.82) is 0 Å². The van der Waals surface area contributed by atoms with E-state index in [1.54, 1.807) is 12.1 Å². The lowest BCUT2D eigenvalue weighted by atomic mass is 9.90. The molecule has 1 saturated heterocycles. The van der Waals surface area contributed by atoms with Crippen molar-refractivity contribution in [2.75, 3.05) is 19.6 Å². The van der Waals surface area contributed by atoms with E-state index < -0.39 is 0 Å². The van der Waals surface area contributed by atoms with Gasteiger partial charge in [-0.1, -0.05) is 48.6 Å². The van der Waals surface area contributed by atoms with Crippen LogP contribution in [0.1, 0.15) is 35.7 Å². The topological polar surface area (TPSA) is 32.7 Å². The molecule has 31 heavy (non-hydrogen) atoms. The van der Waals surface area contributed by atoms with Gasteiger partial charge in [-0.15, -0.1) is 0 Å². The number of hydrogen-bond acceptors (Lipinski definition) is 2. The van der Waals surface area contributed by atoms with E-state index in [0.717, 1.165) is 36.2 Å². The maximum Gasteiger partial charge on any atom is 0.253 e. The van der Waals surface area contributed by atoms with Crippen molar-refractivity contribution in [3.05, 3.63) is 95.8 Å². The zero-order chi connectivity index (χ0) is 21.8. The van der Waals surface area contributed by atoms with Gasteiger partial charge in [-0.2, -0.15) is 0 Å². The minimum Gasteiger partial charge on any atom is -0.338 e. The van der Waals surface area contributed by atoms with Crippen LogP contribution in [0.15, 0.2) is 83.9 Å². The summed E-state index contributed by atoms with van der Waals surface area (Å²) < 4.78 is 13.2. The van der Waals surface area contributed by atoms with Crippen LogP contribution in [0, 0.1) is 11.7 Å². The summed E-state index contributed by atoms with van der Waals surface area (Å²) in [6, 6.07) is 20.5. The number of amides is 1. The minimum atomic E-state index is -0.332. The average molecular weight is 415 g/mol. The molecule has 1 aliphatic heterocycles. The normalized spacial score (nSPS) is 17.0. The lowest BCUT2D eigenvalue weighted by Gasteiger charge is -2.33. The number of likely N-dealkylation sites (tertiary alicyclic amines) is 1. The molecule has 158 valence electrons. The molecule has 1 heterocycles. The van der Waals surface area contributed by atoms with Gasteiger partial charge >= 0.3 is 0 Å². The molecule has 0 spiro atoms. The van der Waals surface area contributed by atoms with Crippen molar-refractivity contribution >= 4 is 22.4 Å². The lowest BCUT2D eigenvalue weighted by Crippen LogP contribution is -2.40. The molecule has 0 radical (unpaired) electrons. The summed E-state index contributed by atoms with van der Waals surface area (Å²) in [6.07, 6.45) is 1.95. The molecule has 1 unspecified atom stereocenters. The first-order valence-corrected chi connectivity index (χ1v) is 10.7. The van der Waals surface area contributed by atoms with Crippen LogP contribution < -0.4 is 0 Å². The first kappa shape index (κ1) is 21.0. The number of carbonyl (C=O) groups is 1. The van der Waals surface area contributed by atoms with Gasteiger partial charge in [0, 0.05) is 24.4 Å². The predicted octanol–water partition coefficient (Wildman–Crippen LogP) is 5.90. The third-order valence-electron chi connectivity index (χ3n) is 6.06. The number of rotatable bonds is 5. The molecule has 3 aromatic carbocycles. The van der Waals surface area contributed by atoms with Gasteiger partial charge in [0.15, 0.2) is 0 Å². The molecule has 3 nitrogen and oxygen atoms in total. The number of nitrogens with zero attached hydrogens (tertiary/aromatic N) is 2. The Balaban J connectivity index is 1.40. The maximum atomic E-state index is 13.2. The molecule has 0 aromatic heterocycles. The minimum absolute atomic E-state index is 0.0478. The Bertz CT molecular complexity index is 1130. The molecule has 1 aliphatic rings. The highest BCUT2D eigenvalue weighted by atomic mass is 19.1. The molecule has 4 heteroatoms. The first-order valence-electron chi connectivity index (χ1n) is 10.7. The number of aliphatic imine (C=N–C) groups is 1. The number of halogens is 1. The van der Waals surface area contributed by atoms with E-state index in [0.29, 0.717) is 18.7 Å². The van der Waals surface area contributed by atoms with Crippen LogP contribution in [-0.4, -0.2) is 36.2 Å². The Morgan fingerprint density at radius 2 is 1.77 bits per heavy atom. The number of hydrogen-bond donors (Lipinski definition) is 0. The Morgan fingerprint density at radius 3 is 2.55 bits per heavy atom. The van der Waals surface area contributed by atoms with Crippen molar-refractivity contribution in [2.45, 2.75) is 19.8 Å². The van der Waals surface area contributed by atoms with Crippen molar-refractivity contribution in [2.24, 2.45) is 10.9 Å². The van der Waals surface area contributed by atoms with Gasteiger partial charge in [-0.3, -0.25) is 9.79 Å². The van der Waals surface area contributed by atoms with Gasteiger partial charge in [0.1, 0.15) is 5.82 Å². The summed E-state index contributed by atoms with van der Waals surface area (Å²) in [7, 11) is 0. The van der Waals surface area contributed by atoms with Crippen LogP contribution >= 0.6 is 0 Å². The van der Waals surface area contributed by atoms with Gasteiger partial charge in [-0.05, 0) is 72.4 Å². The maximum absolute atomic E-state index is 13.2. The Hall–Kier alpha value is -3.27. The van der Waals surface area contributed by atoms with Gasteiger partial charge in [0.05, 0.1) is 6.54 Å². The van der Waals surface area contributed by atoms with E-state index in [1.807, 2.05) is 24.0 Å². The quantitative estimate of drug-likeness (QED) is 0.378. The highest BCUT2D eigenvalue weighted by Gasteiger charge is 2.26. The molecule has 0 saturated carbocycles. The number of carbonyl (C=O) groups excluding carboxylic acids is 1. The van der Waals surface area contributed by atoms with Gasteiger partial charge in [0.25, 0.3) is 5.91 Å². The van der Waals surface area contributed by atoms with Crippen LogP contribution in [-0.2, 0) is 0 Å². The molecule has 0 N–H and O–H groups in total. The summed E-state index contributed by atoms with van der Waals surface area (Å²) in [5.41, 5.74) is 3.68. The van der Waals surface area contributed by atoms with Crippen molar-refractivity contribution < 1.29 is 9.18 Å². The highest BCUT2D eigenvalue weighted by Crippen LogP contribution is 2.25. The van der Waals surface area contributed by atoms with Gasteiger partial charge in [0.2, 0.25) is 0 Å². The molecule has 1 fully saturated rings. The lowest BCUT2D eigenvalue weighted by molar-refractivity contribution is 0.0691. The molecular formula is C27H27FN2O. The van der Waals surface area contributed by atoms with E-state index in [1.165, 1.54) is 22.9 Å². The monoisotopic (exact) mass is 414 g/mol. The predicted molar refractivity (Wildman–Crippen MR) is 125 cm³/mol. The second-order valence-corrected chi connectivity index (χ2v) is 8.22. The SMILES string of the molecule is C=C(C/N=C(\C)c1ccc2ccccc2c1)C1CCCN(C(=O)c2ccc(F)cc2)C1. The van der Waals surface area contributed by atoms with Crippen LogP contribution in [0.4, 0.5) is 4.39 Å². The fraction of sp³-hybridized carbons (Fsp3) is 0.259. The smallest absolute Gasteiger partial charge is 0.253 e. The zero-order valence-electron chi connectivity index (χ0n) is 17.9. The van der Waals surface area contributed by atoms with Crippen LogP contribution in [0.25, 0.3) is 10.8 Å². The zero-order valence-corrected chi connectivity index (χ0v) is 17.9. The summed E-state index contributed by atoms with van der Waals surface area (Å²) in [5.74, 6) is -0.152. The van der Waals surface area contributed by atoms with Gasteiger partial charge < -0.3 is 4.90 Å². The highest BCUT2D eigenvalue weighted by molar-refractivity contribution is 6.02. The largest absolute Gasteiger partial charge is 0.338 e. The Labute approximate surface area is 182 Å². The molecule has 0 aliphatic carbocycles. The summed E-state index contributed by atoms with van der Waals surface area (Å²) in [5, 5.41) is 2.42. The van der Waals surface area contributed by atoms with Crippen LogP contribution in [0.2, 0.25) is 0 Å². The first-order chi connectivity index (χ1) is 15.0. The summed E-state index contributed by atoms with van der Waals surface area (Å²) in [6.45, 7) is 8.23. The van der Waals surface area contributed by atoms with Crippen molar-refractivity contribution in [3.63, 3.8) is 0 Å². The van der Waals surface area contributed by atoms with Crippen LogP contribution in [0.5, 0.6) is 0 Å². The fourth-order valence-corrected chi connectivity index (χ4v) is 4.12. The standard InChI is InChI=1S/C27H27FN2O/c1-19(17-29-20(2)23-10-9-21-6-3-4-7-24(21)16-23)25-8-5-15-30(18-25)27(31)22-11-13-26(28)14-12-22/h3-4,6-7,9-14,16,25H,1,5,8,15,17-18H2,2H3/b29-20+. The second kappa shape index (κ2) is 9.25. The van der Waals surface area contributed by atoms with E-state index in [4.69, 9.17) is 4.99 Å². The average Bonchev–Trinajstić information content (AvgIpc) is 2.82. The van der Waals surface area contributed by atoms with Crippen molar-refractivity contribution in [3.8, 4) is 0 Å². The molecule has 1 atom stereocenters. The van der Waals surface area contributed by atoms with Crippen molar-refractivity contribution in [1.82, 2.24) is 4.90 Å². The van der Waals surface area contributed by atoms with E-state index >= 15 is 0 Å². The molecular weight excluding hydrogens is 387 g/mol. The second-order valence-electron chi connectivity index (χ2n) is 8.22. The summed E-state index contributed by atoms with van der Waals surface area (Å²) in [4.78, 5) is 19.4. The molecule has 1 amide bonds. The third kappa shape index (κ3) is 4.91. The van der Waals surface area contributed by atoms with E-state index in [2.05, 4.69) is 36.9 Å². The Morgan fingerprint density at radius 1 is 1.06 bits per heavy atom. The Kier molecular flexibility index (Phi) is 6.26. The fourth-order valence-electron chi connectivity index (χ4n) is 4.12. The number of fused-ring (bicyclic) bond motifs is 1. The molecule has 4 rings (SSSR count). The van der Waals surface area contributed by atoms with E-state index in [-0.39, 0.29) is 17.6 Å².